The van der Waals surface area contributed by atoms with Crippen molar-refractivity contribution in [2.24, 2.45) is 5.92 Å². The highest BCUT2D eigenvalue weighted by atomic mass is 19.1. The Hall–Kier alpha value is -2.17. The molecular formula is C17H21FN2O2. The van der Waals surface area contributed by atoms with Crippen LogP contribution in [0.1, 0.15) is 31.7 Å². The van der Waals surface area contributed by atoms with Crippen LogP contribution in [-0.2, 0) is 11.2 Å². The van der Waals surface area contributed by atoms with Crippen LogP contribution in [-0.4, -0.2) is 17.4 Å². The number of hydrogen-bond donors (Lipinski definition) is 1. The number of halogens is 1. The number of nitrogens with one attached hydrogen (secondary N) is 1. The summed E-state index contributed by atoms with van der Waals surface area (Å²) in [6.07, 6.45) is 1.14. The van der Waals surface area contributed by atoms with E-state index in [1.165, 1.54) is 12.1 Å². The minimum Gasteiger partial charge on any atom is -0.441 e. The van der Waals surface area contributed by atoms with Crippen LogP contribution < -0.4 is 5.32 Å². The van der Waals surface area contributed by atoms with Crippen molar-refractivity contribution >= 4 is 5.91 Å². The van der Waals surface area contributed by atoms with Gasteiger partial charge in [-0.2, -0.15) is 0 Å². The summed E-state index contributed by atoms with van der Waals surface area (Å²) >= 11 is 0. The fourth-order valence-electron chi connectivity index (χ4n) is 2.14. The van der Waals surface area contributed by atoms with E-state index in [-0.39, 0.29) is 11.7 Å². The van der Waals surface area contributed by atoms with Gasteiger partial charge in [0.25, 0.3) is 0 Å². The number of carbonyl (C=O) groups excluding carboxylic acids is 1. The fraction of sp³-hybridized carbons (Fsp3) is 0.412. The molecule has 0 radical (unpaired) electrons. The molecule has 0 aliphatic carbocycles. The molecule has 0 aliphatic rings. The lowest BCUT2D eigenvalue weighted by Gasteiger charge is -2.05. The number of amides is 1. The number of aryl methyl sites for hydroxylation is 1. The number of aromatic nitrogens is 1. The van der Waals surface area contributed by atoms with E-state index in [1.807, 2.05) is 20.8 Å². The van der Waals surface area contributed by atoms with Gasteiger partial charge in [-0.05, 0) is 37.1 Å². The molecular weight excluding hydrogens is 283 g/mol. The van der Waals surface area contributed by atoms with Crippen molar-refractivity contribution in [1.82, 2.24) is 10.3 Å². The summed E-state index contributed by atoms with van der Waals surface area (Å²) in [6.45, 7) is 6.39. The van der Waals surface area contributed by atoms with Crippen molar-refractivity contribution < 1.29 is 13.6 Å². The van der Waals surface area contributed by atoms with E-state index in [0.29, 0.717) is 31.2 Å². The van der Waals surface area contributed by atoms with Crippen LogP contribution in [0.5, 0.6) is 0 Å². The highest BCUT2D eigenvalue weighted by molar-refractivity contribution is 5.76. The van der Waals surface area contributed by atoms with Gasteiger partial charge in [-0.3, -0.25) is 4.79 Å². The molecule has 0 spiro atoms. The van der Waals surface area contributed by atoms with Crippen molar-refractivity contribution in [1.29, 1.82) is 0 Å². The molecule has 5 heteroatoms. The van der Waals surface area contributed by atoms with Crippen molar-refractivity contribution in [3.63, 3.8) is 0 Å². The van der Waals surface area contributed by atoms with Gasteiger partial charge in [-0.1, -0.05) is 13.8 Å². The molecule has 0 fully saturated rings. The molecule has 2 aromatic rings. The van der Waals surface area contributed by atoms with Crippen LogP contribution in [0.2, 0.25) is 0 Å². The summed E-state index contributed by atoms with van der Waals surface area (Å²) in [5.74, 6) is 1.30. The first-order valence-corrected chi connectivity index (χ1v) is 7.44. The summed E-state index contributed by atoms with van der Waals surface area (Å²) in [6, 6.07) is 6.02. The second kappa shape index (κ2) is 7.20. The summed E-state index contributed by atoms with van der Waals surface area (Å²) in [7, 11) is 0. The largest absolute Gasteiger partial charge is 0.441 e. The van der Waals surface area contributed by atoms with Gasteiger partial charge >= 0.3 is 0 Å². The number of carbonyl (C=O) groups is 1. The zero-order chi connectivity index (χ0) is 16.1. The van der Waals surface area contributed by atoms with E-state index in [9.17, 15) is 9.18 Å². The van der Waals surface area contributed by atoms with Gasteiger partial charge < -0.3 is 9.73 Å². The SMILES string of the molecule is Cc1oc(-c2ccc(F)cc2)nc1CCNC(=O)CC(C)C. The molecule has 0 saturated carbocycles. The van der Waals surface area contributed by atoms with E-state index < -0.39 is 0 Å². The van der Waals surface area contributed by atoms with Crippen molar-refractivity contribution in [3.05, 3.63) is 41.5 Å². The van der Waals surface area contributed by atoms with Gasteiger partial charge in [-0.15, -0.1) is 0 Å². The molecule has 1 heterocycles. The van der Waals surface area contributed by atoms with Gasteiger partial charge in [0.1, 0.15) is 11.6 Å². The molecule has 0 aliphatic heterocycles. The van der Waals surface area contributed by atoms with Crippen LogP contribution in [0.3, 0.4) is 0 Å². The molecule has 4 nitrogen and oxygen atoms in total. The molecule has 0 saturated heterocycles. The third-order valence-electron chi connectivity index (χ3n) is 3.26. The minimum absolute atomic E-state index is 0.0508. The summed E-state index contributed by atoms with van der Waals surface area (Å²) < 4.78 is 18.5. The first-order chi connectivity index (χ1) is 10.5. The number of rotatable bonds is 6. The zero-order valence-corrected chi connectivity index (χ0v) is 13.1. The Morgan fingerprint density at radius 3 is 2.64 bits per heavy atom. The Morgan fingerprint density at radius 2 is 2.00 bits per heavy atom. The molecule has 0 atom stereocenters. The van der Waals surface area contributed by atoms with Crippen molar-refractivity contribution in [3.8, 4) is 11.5 Å². The number of hydrogen-bond acceptors (Lipinski definition) is 3. The number of oxazole rings is 1. The summed E-state index contributed by atoms with van der Waals surface area (Å²) in [4.78, 5) is 16.0. The lowest BCUT2D eigenvalue weighted by Crippen LogP contribution is -2.26. The Balaban J connectivity index is 1.95. The van der Waals surface area contributed by atoms with Crippen LogP contribution in [0.15, 0.2) is 28.7 Å². The van der Waals surface area contributed by atoms with Crippen LogP contribution in [0.4, 0.5) is 4.39 Å². The Labute approximate surface area is 129 Å². The van der Waals surface area contributed by atoms with E-state index >= 15 is 0 Å². The molecule has 0 unspecified atom stereocenters. The van der Waals surface area contributed by atoms with Crippen LogP contribution >= 0.6 is 0 Å². The zero-order valence-electron chi connectivity index (χ0n) is 13.1. The molecule has 1 aromatic heterocycles. The Kier molecular flexibility index (Phi) is 5.31. The van der Waals surface area contributed by atoms with Gasteiger partial charge in [0.05, 0.1) is 5.69 Å². The normalized spacial score (nSPS) is 11.0. The molecule has 2 rings (SSSR count). The van der Waals surface area contributed by atoms with E-state index in [1.54, 1.807) is 12.1 Å². The van der Waals surface area contributed by atoms with Gasteiger partial charge in [0.15, 0.2) is 0 Å². The van der Waals surface area contributed by atoms with E-state index in [2.05, 4.69) is 10.3 Å². The topological polar surface area (TPSA) is 55.1 Å². The standard InChI is InChI=1S/C17H21FN2O2/c1-11(2)10-16(21)19-9-8-15-12(3)22-17(20-15)13-4-6-14(18)7-5-13/h4-7,11H,8-10H2,1-3H3,(H,19,21). The highest BCUT2D eigenvalue weighted by Crippen LogP contribution is 2.22. The summed E-state index contributed by atoms with van der Waals surface area (Å²) in [5, 5.41) is 2.88. The second-order valence-corrected chi connectivity index (χ2v) is 5.73. The molecule has 1 N–H and O–H groups in total. The smallest absolute Gasteiger partial charge is 0.226 e. The van der Waals surface area contributed by atoms with Gasteiger partial charge in [0, 0.05) is 24.9 Å². The number of nitrogens with zero attached hydrogens (tertiary/aromatic N) is 1. The Morgan fingerprint density at radius 1 is 1.32 bits per heavy atom. The summed E-state index contributed by atoms with van der Waals surface area (Å²) in [5.41, 5.74) is 1.55. The first kappa shape index (κ1) is 16.2. The van der Waals surface area contributed by atoms with Crippen LogP contribution in [0.25, 0.3) is 11.5 Å². The van der Waals surface area contributed by atoms with E-state index in [4.69, 9.17) is 4.42 Å². The highest BCUT2D eigenvalue weighted by Gasteiger charge is 2.12. The predicted molar refractivity (Wildman–Crippen MR) is 82.8 cm³/mol. The maximum Gasteiger partial charge on any atom is 0.226 e. The van der Waals surface area contributed by atoms with Gasteiger partial charge in [0.2, 0.25) is 11.8 Å². The predicted octanol–water partition coefficient (Wildman–Crippen LogP) is 3.49. The molecule has 1 amide bonds. The quantitative estimate of drug-likeness (QED) is 0.888. The minimum atomic E-state index is -0.292. The fourth-order valence-corrected chi connectivity index (χ4v) is 2.14. The monoisotopic (exact) mass is 304 g/mol. The maximum absolute atomic E-state index is 12.9. The second-order valence-electron chi connectivity index (χ2n) is 5.73. The van der Waals surface area contributed by atoms with Crippen molar-refractivity contribution in [2.45, 2.75) is 33.6 Å². The lowest BCUT2D eigenvalue weighted by atomic mass is 10.1. The average molecular weight is 304 g/mol. The third-order valence-corrected chi connectivity index (χ3v) is 3.26. The molecule has 0 bridgehead atoms. The number of benzene rings is 1. The molecule has 118 valence electrons. The maximum atomic E-state index is 12.9. The van der Waals surface area contributed by atoms with Crippen LogP contribution in [0, 0.1) is 18.7 Å². The average Bonchev–Trinajstić information content (AvgIpc) is 2.80. The molecule has 22 heavy (non-hydrogen) atoms. The molecule has 1 aromatic carbocycles. The first-order valence-electron chi connectivity index (χ1n) is 7.44. The van der Waals surface area contributed by atoms with Crippen molar-refractivity contribution in [2.75, 3.05) is 6.54 Å². The van der Waals surface area contributed by atoms with Gasteiger partial charge in [-0.25, -0.2) is 9.37 Å². The Bertz CT molecular complexity index is 633. The van der Waals surface area contributed by atoms with E-state index in [0.717, 1.165) is 17.0 Å². The third kappa shape index (κ3) is 4.41. The lowest BCUT2D eigenvalue weighted by molar-refractivity contribution is -0.121.